The molecule has 17 atom stereocenters. The molecule has 17 unspecified atom stereocenters. The average molecular weight is 662 g/mol. The van der Waals surface area contributed by atoms with Crippen LogP contribution in [-0.4, -0.2) is 60.4 Å². The Morgan fingerprint density at radius 2 is 0.636 bits per heavy atom. The summed E-state index contributed by atoms with van der Waals surface area (Å²) in [5, 5.41) is 43.1. The standard InChI is InChI=1S/C33H56N8O2.Zn/c42-33(43)16-13-14-23-24(15-16)32-40-30-22-12-6-5-11-21(22)28(38-30)36-26-18-8-2-1-7-17(18)25(34-26)35-27-19-9-3-4-10-20(19)29(37-27)39-31(23)41-32;/h16-32,34-41H,1-15H2,(H,42,43);. The second-order valence-electron chi connectivity index (χ2n) is 16.2. The number of fused-ring (bicyclic) bond motifs is 20. The molecule has 5 aliphatic heterocycles. The van der Waals surface area contributed by atoms with Crippen molar-refractivity contribution in [3.05, 3.63) is 0 Å². The number of hydrogen-bond donors (Lipinski definition) is 9. The van der Waals surface area contributed by atoms with Crippen LogP contribution < -0.4 is 42.5 Å². The number of carbonyl (C=O) groups is 1. The molecular weight excluding hydrogens is 606 g/mol. The second-order valence-corrected chi connectivity index (χ2v) is 16.2. The summed E-state index contributed by atoms with van der Waals surface area (Å²) in [6.07, 6.45) is 20.7. The minimum Gasteiger partial charge on any atom is -0.481 e. The van der Waals surface area contributed by atoms with E-state index in [0.29, 0.717) is 78.2 Å². The molecule has 4 saturated carbocycles. The van der Waals surface area contributed by atoms with Crippen molar-refractivity contribution in [3.63, 3.8) is 0 Å². The molecule has 0 aromatic carbocycles. The van der Waals surface area contributed by atoms with Gasteiger partial charge in [0.15, 0.2) is 0 Å². The maximum absolute atomic E-state index is 12.2. The topological polar surface area (TPSA) is 134 Å². The molecule has 9 fully saturated rings. The van der Waals surface area contributed by atoms with Crippen molar-refractivity contribution in [1.82, 2.24) is 42.5 Å². The quantitative estimate of drug-likeness (QED) is 0.192. The zero-order valence-corrected chi connectivity index (χ0v) is 29.5. The minimum atomic E-state index is -0.609. The summed E-state index contributed by atoms with van der Waals surface area (Å²) < 4.78 is 0. The molecule has 44 heavy (non-hydrogen) atoms. The SMILES string of the molecule is O=C(O)C1CCC2C3NC4NC(NC5NC(NC6NC(NC(N3)C2C1)C1CCCCC61)C1CCCCC51)C1CCCCC41.[Zn]. The van der Waals surface area contributed by atoms with Crippen molar-refractivity contribution in [2.75, 3.05) is 0 Å². The monoisotopic (exact) mass is 660 g/mol. The molecule has 5 saturated heterocycles. The molecule has 0 aromatic heterocycles. The fraction of sp³-hybridized carbons (Fsp3) is 0.970. The van der Waals surface area contributed by atoms with Crippen molar-refractivity contribution < 1.29 is 29.4 Å². The predicted molar refractivity (Wildman–Crippen MR) is 164 cm³/mol. The summed E-state index contributed by atoms with van der Waals surface area (Å²) in [6, 6.07) is 0. The van der Waals surface area contributed by atoms with Gasteiger partial charge in [0.25, 0.3) is 0 Å². The van der Waals surface area contributed by atoms with Gasteiger partial charge in [-0.2, -0.15) is 0 Å². The molecule has 10 nitrogen and oxygen atoms in total. The summed E-state index contributed by atoms with van der Waals surface area (Å²) in [5.74, 6) is 3.89. The minimum absolute atomic E-state index is 0. The fourth-order valence-corrected chi connectivity index (χ4v) is 12.2. The Labute approximate surface area is 276 Å². The van der Waals surface area contributed by atoms with E-state index in [9.17, 15) is 9.90 Å². The van der Waals surface area contributed by atoms with Gasteiger partial charge in [0, 0.05) is 19.5 Å². The Hall–Kier alpha value is -0.227. The van der Waals surface area contributed by atoms with Gasteiger partial charge in [0.05, 0.1) is 55.2 Å². The fourth-order valence-electron chi connectivity index (χ4n) is 12.2. The van der Waals surface area contributed by atoms with Gasteiger partial charge in [-0.15, -0.1) is 0 Å². The van der Waals surface area contributed by atoms with Gasteiger partial charge in [0.2, 0.25) is 0 Å². The van der Waals surface area contributed by atoms with Crippen LogP contribution in [0.4, 0.5) is 0 Å². The van der Waals surface area contributed by atoms with Crippen LogP contribution >= 0.6 is 0 Å². The van der Waals surface area contributed by atoms with Crippen molar-refractivity contribution in [2.24, 2.45) is 53.3 Å². The van der Waals surface area contributed by atoms with E-state index < -0.39 is 5.97 Å². The Kier molecular flexibility index (Phi) is 8.94. The molecule has 0 radical (unpaired) electrons. The van der Waals surface area contributed by atoms with E-state index in [1.807, 2.05) is 0 Å². The molecule has 8 bridgehead atoms. The molecule has 242 valence electrons. The summed E-state index contributed by atoms with van der Waals surface area (Å²) >= 11 is 0. The zero-order chi connectivity index (χ0) is 28.7. The molecule has 11 heteroatoms. The van der Waals surface area contributed by atoms with Crippen LogP contribution in [0.25, 0.3) is 0 Å². The van der Waals surface area contributed by atoms with Gasteiger partial charge >= 0.3 is 5.97 Å². The summed E-state index contributed by atoms with van der Waals surface area (Å²) in [7, 11) is 0. The van der Waals surface area contributed by atoms with Gasteiger partial charge in [-0.25, -0.2) is 0 Å². The van der Waals surface area contributed by atoms with E-state index in [1.165, 1.54) is 77.0 Å². The van der Waals surface area contributed by atoms with Crippen molar-refractivity contribution in [2.45, 2.75) is 146 Å². The molecule has 5 heterocycles. The van der Waals surface area contributed by atoms with E-state index in [1.54, 1.807) is 0 Å². The molecular formula is C33H56N8O2Zn. The number of rotatable bonds is 1. The summed E-state index contributed by atoms with van der Waals surface area (Å²) in [6.45, 7) is 0. The van der Waals surface area contributed by atoms with Crippen molar-refractivity contribution in [1.29, 1.82) is 0 Å². The zero-order valence-electron chi connectivity index (χ0n) is 26.5. The first-order chi connectivity index (χ1) is 21.1. The van der Waals surface area contributed by atoms with E-state index in [2.05, 4.69) is 42.5 Å². The third-order valence-corrected chi connectivity index (χ3v) is 14.2. The average Bonchev–Trinajstić information content (AvgIpc) is 3.76. The van der Waals surface area contributed by atoms with Crippen LogP contribution in [-0.2, 0) is 24.3 Å². The van der Waals surface area contributed by atoms with Crippen LogP contribution in [0, 0.1) is 53.3 Å². The van der Waals surface area contributed by atoms with Gasteiger partial charge in [-0.05, 0) is 105 Å². The molecule has 0 amide bonds. The Morgan fingerprint density at radius 3 is 0.909 bits per heavy atom. The van der Waals surface area contributed by atoms with E-state index in [-0.39, 0.29) is 43.9 Å². The normalized spacial score (nSPS) is 54.8. The summed E-state index contributed by atoms with van der Waals surface area (Å²) in [4.78, 5) is 12.2. The maximum Gasteiger partial charge on any atom is 0.306 e. The predicted octanol–water partition coefficient (Wildman–Crippen LogP) is 1.91. The first-order valence-electron chi connectivity index (χ1n) is 18.4. The Bertz CT molecular complexity index is 1050. The van der Waals surface area contributed by atoms with Gasteiger partial charge in [0.1, 0.15) is 0 Å². The third-order valence-electron chi connectivity index (χ3n) is 14.2. The van der Waals surface area contributed by atoms with Crippen LogP contribution in [0.1, 0.15) is 96.3 Å². The third kappa shape index (κ3) is 5.37. The second kappa shape index (κ2) is 12.7. The van der Waals surface area contributed by atoms with E-state index >= 15 is 0 Å². The Morgan fingerprint density at radius 1 is 0.386 bits per heavy atom. The molecule has 9 rings (SSSR count). The summed E-state index contributed by atoms with van der Waals surface area (Å²) in [5.41, 5.74) is 0. The van der Waals surface area contributed by atoms with Crippen LogP contribution in [0.3, 0.4) is 0 Å². The first kappa shape index (κ1) is 31.1. The van der Waals surface area contributed by atoms with Crippen LogP contribution in [0.15, 0.2) is 0 Å². The van der Waals surface area contributed by atoms with Gasteiger partial charge < -0.3 is 5.11 Å². The molecule has 0 spiro atoms. The van der Waals surface area contributed by atoms with Crippen LogP contribution in [0.2, 0.25) is 0 Å². The number of carboxylic acids is 1. The van der Waals surface area contributed by atoms with Crippen molar-refractivity contribution >= 4 is 5.97 Å². The number of hydrogen-bond acceptors (Lipinski definition) is 9. The van der Waals surface area contributed by atoms with E-state index in [0.717, 1.165) is 19.3 Å². The van der Waals surface area contributed by atoms with Gasteiger partial charge in [-0.1, -0.05) is 38.5 Å². The number of nitrogens with one attached hydrogen (secondary N) is 8. The van der Waals surface area contributed by atoms with Crippen LogP contribution in [0.5, 0.6) is 0 Å². The molecule has 4 aliphatic carbocycles. The van der Waals surface area contributed by atoms with Crippen molar-refractivity contribution in [3.8, 4) is 0 Å². The number of carboxylic acid groups (broad SMARTS) is 1. The molecule has 9 aliphatic rings. The molecule has 9 N–H and O–H groups in total. The first-order valence-corrected chi connectivity index (χ1v) is 18.4. The largest absolute Gasteiger partial charge is 0.481 e. The molecule has 0 aromatic rings. The van der Waals surface area contributed by atoms with E-state index in [4.69, 9.17) is 0 Å². The van der Waals surface area contributed by atoms with Gasteiger partial charge in [-0.3, -0.25) is 47.3 Å². The number of aliphatic carboxylic acids is 1. The maximum atomic E-state index is 12.2. The Balaban J connectivity index is 0.00000289. The smallest absolute Gasteiger partial charge is 0.306 e.